The molecule has 1 rings (SSSR count). The molecule has 0 bridgehead atoms. The van der Waals surface area contributed by atoms with Gasteiger partial charge >= 0.3 is 13.1 Å². The maximum Gasteiger partial charge on any atom is 0.508 e. The first kappa shape index (κ1) is 10.7. The van der Waals surface area contributed by atoms with Gasteiger partial charge in [-0.3, -0.25) is 4.98 Å². The van der Waals surface area contributed by atoms with Crippen molar-refractivity contribution < 1.29 is 19.6 Å². The molecule has 14 heavy (non-hydrogen) atoms. The molecule has 0 atom stereocenters. The lowest BCUT2D eigenvalue weighted by Crippen LogP contribution is -2.32. The van der Waals surface area contributed by atoms with E-state index in [9.17, 15) is 4.79 Å². The minimum Gasteiger partial charge on any atom is -0.462 e. The number of aromatic nitrogens is 1. The summed E-state index contributed by atoms with van der Waals surface area (Å²) in [6, 6.07) is 2.79. The molecule has 1 aromatic rings. The Morgan fingerprint density at radius 3 is 2.71 bits per heavy atom. The molecule has 0 aliphatic heterocycles. The van der Waals surface area contributed by atoms with E-state index in [0.717, 1.165) is 0 Å². The molecule has 5 nitrogen and oxygen atoms in total. The Morgan fingerprint density at radius 1 is 1.57 bits per heavy atom. The van der Waals surface area contributed by atoms with Gasteiger partial charge in [-0.2, -0.15) is 0 Å². The van der Waals surface area contributed by atoms with Gasteiger partial charge in [-0.1, -0.05) is 0 Å². The van der Waals surface area contributed by atoms with Gasteiger partial charge in [0, 0.05) is 6.20 Å². The highest BCUT2D eigenvalue weighted by atomic mass is 16.5. The molecule has 1 aromatic heterocycles. The predicted octanol–water partition coefficient (Wildman–Crippen LogP) is -1.06. The standard InChI is InChI=1S/C8H10BNO4/c1-2-14-8(11)6-3-4-7(9(12)13)10-5-6/h3-5,12-13H,2H2,1H3. The molecule has 0 aromatic carbocycles. The van der Waals surface area contributed by atoms with Crippen LogP contribution in [0.5, 0.6) is 0 Å². The van der Waals surface area contributed by atoms with Crippen molar-refractivity contribution in [3.8, 4) is 0 Å². The van der Waals surface area contributed by atoms with E-state index in [0.29, 0.717) is 6.61 Å². The fourth-order valence-corrected chi connectivity index (χ4v) is 0.893. The first-order chi connectivity index (χ1) is 6.65. The van der Waals surface area contributed by atoms with Crippen molar-refractivity contribution in [2.45, 2.75) is 6.92 Å². The molecule has 0 saturated carbocycles. The Balaban J connectivity index is 2.78. The third kappa shape index (κ3) is 2.55. The third-order valence-corrected chi connectivity index (χ3v) is 1.56. The van der Waals surface area contributed by atoms with Crippen LogP contribution in [0.2, 0.25) is 0 Å². The molecule has 2 N–H and O–H groups in total. The predicted molar refractivity (Wildman–Crippen MR) is 50.0 cm³/mol. The van der Waals surface area contributed by atoms with E-state index in [1.807, 2.05) is 0 Å². The van der Waals surface area contributed by atoms with Crippen LogP contribution in [0, 0.1) is 0 Å². The Hall–Kier alpha value is -1.40. The van der Waals surface area contributed by atoms with E-state index in [2.05, 4.69) is 4.98 Å². The van der Waals surface area contributed by atoms with Gasteiger partial charge in [-0.05, 0) is 19.1 Å². The summed E-state index contributed by atoms with van der Waals surface area (Å²) in [4.78, 5) is 14.8. The quantitative estimate of drug-likeness (QED) is 0.474. The molecular formula is C8H10BNO4. The van der Waals surface area contributed by atoms with Crippen molar-refractivity contribution >= 4 is 18.7 Å². The summed E-state index contributed by atoms with van der Waals surface area (Å²) >= 11 is 0. The van der Waals surface area contributed by atoms with Crippen molar-refractivity contribution in [1.82, 2.24) is 4.98 Å². The van der Waals surface area contributed by atoms with Crippen LogP contribution in [0.25, 0.3) is 0 Å². The van der Waals surface area contributed by atoms with Crippen LogP contribution in [-0.4, -0.2) is 34.7 Å². The van der Waals surface area contributed by atoms with Crippen molar-refractivity contribution in [1.29, 1.82) is 0 Å². The molecule has 74 valence electrons. The summed E-state index contributed by atoms with van der Waals surface area (Å²) in [7, 11) is -1.62. The summed E-state index contributed by atoms with van der Waals surface area (Å²) in [6.07, 6.45) is 1.24. The van der Waals surface area contributed by atoms with E-state index in [-0.39, 0.29) is 11.2 Å². The van der Waals surface area contributed by atoms with Gasteiger partial charge in [-0.15, -0.1) is 0 Å². The SMILES string of the molecule is CCOC(=O)c1ccc(B(O)O)nc1. The number of rotatable bonds is 3. The van der Waals surface area contributed by atoms with E-state index in [1.54, 1.807) is 6.92 Å². The highest BCUT2D eigenvalue weighted by molar-refractivity contribution is 6.57. The lowest BCUT2D eigenvalue weighted by atomic mass is 9.85. The lowest BCUT2D eigenvalue weighted by Gasteiger charge is -2.02. The highest BCUT2D eigenvalue weighted by Crippen LogP contribution is 1.97. The van der Waals surface area contributed by atoms with Gasteiger partial charge in [0.2, 0.25) is 0 Å². The fraction of sp³-hybridized carbons (Fsp3) is 0.250. The maximum absolute atomic E-state index is 11.1. The normalized spacial score (nSPS) is 9.64. The number of nitrogens with zero attached hydrogens (tertiary/aromatic N) is 1. The van der Waals surface area contributed by atoms with Crippen molar-refractivity contribution in [2.24, 2.45) is 0 Å². The molecule has 0 unspecified atom stereocenters. The second-order valence-corrected chi connectivity index (χ2v) is 2.57. The van der Waals surface area contributed by atoms with Gasteiger partial charge in [0.05, 0.1) is 17.8 Å². The third-order valence-electron chi connectivity index (χ3n) is 1.56. The van der Waals surface area contributed by atoms with Gasteiger partial charge in [0.15, 0.2) is 0 Å². The van der Waals surface area contributed by atoms with E-state index >= 15 is 0 Å². The van der Waals surface area contributed by atoms with Crippen LogP contribution < -0.4 is 5.59 Å². The number of esters is 1. The van der Waals surface area contributed by atoms with E-state index in [1.165, 1.54) is 18.3 Å². The van der Waals surface area contributed by atoms with Crippen LogP contribution in [0.3, 0.4) is 0 Å². The zero-order valence-corrected chi connectivity index (χ0v) is 7.67. The number of hydrogen-bond acceptors (Lipinski definition) is 5. The van der Waals surface area contributed by atoms with Crippen molar-refractivity contribution in [2.75, 3.05) is 6.61 Å². The Morgan fingerprint density at radius 2 is 2.29 bits per heavy atom. The summed E-state index contributed by atoms with van der Waals surface area (Å²) < 4.78 is 4.72. The highest BCUT2D eigenvalue weighted by Gasteiger charge is 2.13. The lowest BCUT2D eigenvalue weighted by molar-refractivity contribution is 0.0526. The number of pyridine rings is 1. The van der Waals surface area contributed by atoms with Crippen LogP contribution in [-0.2, 0) is 4.74 Å². The topological polar surface area (TPSA) is 79.7 Å². The fourth-order valence-electron chi connectivity index (χ4n) is 0.893. The minimum atomic E-state index is -1.62. The number of carbonyl (C=O) groups is 1. The van der Waals surface area contributed by atoms with Crippen LogP contribution in [0.1, 0.15) is 17.3 Å². The first-order valence-electron chi connectivity index (χ1n) is 4.14. The molecule has 0 aliphatic carbocycles. The molecule has 0 fully saturated rings. The smallest absolute Gasteiger partial charge is 0.462 e. The number of ether oxygens (including phenoxy) is 1. The number of carbonyl (C=O) groups excluding carboxylic acids is 1. The van der Waals surface area contributed by atoms with Crippen molar-refractivity contribution in [3.63, 3.8) is 0 Å². The Bertz CT molecular complexity index is 312. The van der Waals surface area contributed by atoms with Crippen LogP contribution in [0.15, 0.2) is 18.3 Å². The van der Waals surface area contributed by atoms with Crippen molar-refractivity contribution in [3.05, 3.63) is 23.9 Å². The monoisotopic (exact) mass is 195 g/mol. The molecule has 0 radical (unpaired) electrons. The van der Waals surface area contributed by atoms with Gasteiger partial charge in [0.25, 0.3) is 0 Å². The molecule has 0 aliphatic rings. The number of hydrogen-bond donors (Lipinski definition) is 2. The molecule has 0 saturated heterocycles. The van der Waals surface area contributed by atoms with E-state index in [4.69, 9.17) is 14.8 Å². The summed E-state index contributed by atoms with van der Waals surface area (Å²) in [5.41, 5.74) is 0.384. The van der Waals surface area contributed by atoms with Gasteiger partial charge in [0.1, 0.15) is 0 Å². The second-order valence-electron chi connectivity index (χ2n) is 2.57. The largest absolute Gasteiger partial charge is 0.508 e. The van der Waals surface area contributed by atoms with Crippen LogP contribution >= 0.6 is 0 Å². The van der Waals surface area contributed by atoms with E-state index < -0.39 is 13.1 Å². The molecular weight excluding hydrogens is 185 g/mol. The summed E-state index contributed by atoms with van der Waals surface area (Å²) in [5, 5.41) is 17.5. The molecule has 0 amide bonds. The zero-order valence-electron chi connectivity index (χ0n) is 7.67. The summed E-state index contributed by atoms with van der Waals surface area (Å²) in [5.74, 6) is -0.473. The average Bonchev–Trinajstić information content (AvgIpc) is 2.18. The molecule has 1 heterocycles. The minimum absolute atomic E-state index is 0.0954. The Kier molecular flexibility index (Phi) is 3.61. The molecule has 0 spiro atoms. The van der Waals surface area contributed by atoms with Crippen LogP contribution in [0.4, 0.5) is 0 Å². The average molecular weight is 195 g/mol. The maximum atomic E-state index is 11.1. The van der Waals surface area contributed by atoms with Gasteiger partial charge < -0.3 is 14.8 Å². The second kappa shape index (κ2) is 4.73. The first-order valence-corrected chi connectivity index (χ1v) is 4.14. The molecule has 6 heteroatoms. The zero-order chi connectivity index (χ0) is 10.6. The Labute approximate surface area is 81.5 Å². The summed E-state index contributed by atoms with van der Waals surface area (Å²) in [6.45, 7) is 2.00. The van der Waals surface area contributed by atoms with Gasteiger partial charge in [-0.25, -0.2) is 4.79 Å².